The molecular formula is C24H21F2N7S2. The molecule has 7 nitrogen and oxygen atoms in total. The molecule has 178 valence electrons. The third-order valence-corrected chi connectivity index (χ3v) is 7.97. The van der Waals surface area contributed by atoms with Gasteiger partial charge in [0.05, 0.1) is 0 Å². The van der Waals surface area contributed by atoms with E-state index in [2.05, 4.69) is 20.2 Å². The van der Waals surface area contributed by atoms with Crippen LogP contribution < -0.4 is 10.7 Å². The van der Waals surface area contributed by atoms with E-state index in [0.29, 0.717) is 23.1 Å². The molecule has 4 aromatic rings. The van der Waals surface area contributed by atoms with E-state index in [9.17, 15) is 8.78 Å². The summed E-state index contributed by atoms with van der Waals surface area (Å²) in [5, 5.41) is 16.7. The number of pyridine rings is 2. The monoisotopic (exact) mass is 509 g/mol. The van der Waals surface area contributed by atoms with Gasteiger partial charge in [-0.1, -0.05) is 35.2 Å². The SMILES string of the molecule is Cc1nnc(N2N=C(c3cc(F)ccc3F)SC2(c2cccnc2)C(CCN)c2ccccn2)s1. The number of nitrogens with two attached hydrogens (primary N) is 1. The van der Waals surface area contributed by atoms with Crippen LogP contribution in [0.25, 0.3) is 0 Å². The number of hydrogen-bond donors (Lipinski definition) is 1. The number of hydrogen-bond acceptors (Lipinski definition) is 9. The molecule has 0 radical (unpaired) electrons. The van der Waals surface area contributed by atoms with Crippen LogP contribution in [-0.4, -0.2) is 31.8 Å². The molecule has 35 heavy (non-hydrogen) atoms. The van der Waals surface area contributed by atoms with Gasteiger partial charge >= 0.3 is 0 Å². The van der Waals surface area contributed by atoms with E-state index in [1.807, 2.05) is 37.3 Å². The lowest BCUT2D eigenvalue weighted by Gasteiger charge is -2.41. The minimum Gasteiger partial charge on any atom is -0.330 e. The second-order valence-electron chi connectivity index (χ2n) is 7.87. The summed E-state index contributed by atoms with van der Waals surface area (Å²) in [5.74, 6) is -1.42. The molecular weight excluding hydrogens is 488 g/mol. The minimum absolute atomic E-state index is 0.0690. The lowest BCUT2D eigenvalue weighted by molar-refractivity contribution is 0.442. The summed E-state index contributed by atoms with van der Waals surface area (Å²) in [7, 11) is 0. The summed E-state index contributed by atoms with van der Waals surface area (Å²) in [6.07, 6.45) is 5.70. The van der Waals surface area contributed by atoms with Crippen LogP contribution in [0.4, 0.5) is 13.9 Å². The van der Waals surface area contributed by atoms with E-state index < -0.39 is 16.5 Å². The largest absolute Gasteiger partial charge is 0.330 e. The fraction of sp³-hybridized carbons (Fsp3) is 0.208. The van der Waals surface area contributed by atoms with E-state index in [4.69, 9.17) is 10.8 Å². The standard InChI is InChI=1S/C24H21F2N7S2/c1-15-30-31-23(34-15)33-24(16-5-4-11-28-14-16,19(9-10-27)21-6-2-3-12-29-21)35-22(32-33)18-13-17(25)7-8-20(18)26/h2-8,11-14,19H,9-10,27H2,1H3. The zero-order valence-electron chi connectivity index (χ0n) is 18.7. The van der Waals surface area contributed by atoms with Gasteiger partial charge in [0, 0.05) is 41.3 Å². The highest BCUT2D eigenvalue weighted by molar-refractivity contribution is 8.15. The molecule has 0 saturated carbocycles. The van der Waals surface area contributed by atoms with Crippen molar-refractivity contribution in [3.8, 4) is 0 Å². The average molecular weight is 510 g/mol. The molecule has 0 fully saturated rings. The van der Waals surface area contributed by atoms with Crippen molar-refractivity contribution < 1.29 is 8.78 Å². The molecule has 0 spiro atoms. The van der Waals surface area contributed by atoms with Crippen LogP contribution in [-0.2, 0) is 4.87 Å². The number of nitrogens with zero attached hydrogens (tertiary/aromatic N) is 6. The normalized spacial score (nSPS) is 18.5. The van der Waals surface area contributed by atoms with E-state index in [0.717, 1.165) is 34.5 Å². The molecule has 3 aromatic heterocycles. The van der Waals surface area contributed by atoms with Crippen LogP contribution >= 0.6 is 23.1 Å². The van der Waals surface area contributed by atoms with Gasteiger partial charge in [-0.15, -0.1) is 10.2 Å². The molecule has 5 rings (SSSR count). The summed E-state index contributed by atoms with van der Waals surface area (Å²) < 4.78 is 29.1. The Bertz CT molecular complexity index is 1350. The van der Waals surface area contributed by atoms with Crippen molar-refractivity contribution in [2.75, 3.05) is 11.6 Å². The predicted molar refractivity (Wildman–Crippen MR) is 134 cm³/mol. The number of hydrazone groups is 1. The number of halogens is 2. The van der Waals surface area contributed by atoms with Crippen molar-refractivity contribution in [2.45, 2.75) is 24.1 Å². The Morgan fingerprint density at radius 3 is 2.66 bits per heavy atom. The van der Waals surface area contributed by atoms with Crippen molar-refractivity contribution in [1.82, 2.24) is 20.2 Å². The third-order valence-electron chi connectivity index (χ3n) is 5.66. The molecule has 2 N–H and O–H groups in total. The molecule has 2 atom stereocenters. The van der Waals surface area contributed by atoms with Gasteiger partial charge in [0.1, 0.15) is 21.7 Å². The van der Waals surface area contributed by atoms with Crippen LogP contribution in [0.2, 0.25) is 0 Å². The van der Waals surface area contributed by atoms with Gasteiger partial charge in [-0.2, -0.15) is 5.10 Å². The van der Waals surface area contributed by atoms with Crippen LogP contribution in [0.5, 0.6) is 0 Å². The van der Waals surface area contributed by atoms with E-state index >= 15 is 0 Å². The Morgan fingerprint density at radius 1 is 1.09 bits per heavy atom. The smallest absolute Gasteiger partial charge is 0.230 e. The summed E-state index contributed by atoms with van der Waals surface area (Å²) in [4.78, 5) is 8.02. The molecule has 11 heteroatoms. The molecule has 0 bridgehead atoms. The van der Waals surface area contributed by atoms with Crippen molar-refractivity contribution in [2.24, 2.45) is 10.8 Å². The Morgan fingerprint density at radius 2 is 1.97 bits per heavy atom. The van der Waals surface area contributed by atoms with Crippen molar-refractivity contribution >= 4 is 33.3 Å². The molecule has 0 aliphatic carbocycles. The van der Waals surface area contributed by atoms with E-state index in [1.54, 1.807) is 23.6 Å². The molecule has 4 heterocycles. The van der Waals surface area contributed by atoms with Crippen LogP contribution in [0, 0.1) is 18.6 Å². The second kappa shape index (κ2) is 9.76. The van der Waals surface area contributed by atoms with Gasteiger partial charge in [0.15, 0.2) is 4.87 Å². The fourth-order valence-corrected chi connectivity index (χ4v) is 6.44. The van der Waals surface area contributed by atoms with Gasteiger partial charge in [0.2, 0.25) is 5.13 Å². The lowest BCUT2D eigenvalue weighted by Crippen LogP contribution is -2.44. The van der Waals surface area contributed by atoms with Crippen LogP contribution in [0.15, 0.2) is 72.2 Å². The number of benzene rings is 1. The summed E-state index contributed by atoms with van der Waals surface area (Å²) in [6, 6.07) is 12.8. The Balaban J connectivity index is 1.78. The average Bonchev–Trinajstić information content (AvgIpc) is 3.49. The predicted octanol–water partition coefficient (Wildman–Crippen LogP) is 4.82. The first kappa shape index (κ1) is 23.5. The number of thioether (sulfide) groups is 1. The van der Waals surface area contributed by atoms with Crippen molar-refractivity contribution in [3.05, 3.63) is 101 Å². The highest BCUT2D eigenvalue weighted by Crippen LogP contribution is 2.57. The quantitative estimate of drug-likeness (QED) is 0.382. The highest BCUT2D eigenvalue weighted by Gasteiger charge is 2.54. The lowest BCUT2D eigenvalue weighted by atomic mass is 9.86. The zero-order valence-corrected chi connectivity index (χ0v) is 20.3. The summed E-state index contributed by atoms with van der Waals surface area (Å²) in [6.45, 7) is 2.22. The van der Waals surface area contributed by atoms with Gasteiger partial charge in [-0.05, 0) is 56.3 Å². The Kier molecular flexibility index (Phi) is 6.54. The van der Waals surface area contributed by atoms with Gasteiger partial charge in [-0.25, -0.2) is 13.8 Å². The molecule has 1 aliphatic heterocycles. The topological polar surface area (TPSA) is 93.2 Å². The molecule has 0 saturated heterocycles. The number of anilines is 1. The second-order valence-corrected chi connectivity index (χ2v) is 10.2. The van der Waals surface area contributed by atoms with Gasteiger partial charge in [0.25, 0.3) is 0 Å². The highest BCUT2D eigenvalue weighted by atomic mass is 32.2. The first-order valence-corrected chi connectivity index (χ1v) is 12.5. The number of aryl methyl sites for hydroxylation is 1. The first-order chi connectivity index (χ1) is 17.0. The van der Waals surface area contributed by atoms with Gasteiger partial charge < -0.3 is 5.73 Å². The maximum absolute atomic E-state index is 14.9. The first-order valence-electron chi connectivity index (χ1n) is 10.9. The Hall–Kier alpha value is -3.28. The number of rotatable bonds is 7. The maximum atomic E-state index is 14.9. The molecule has 1 aromatic carbocycles. The Labute approximate surface area is 209 Å². The van der Waals surface area contributed by atoms with Crippen LogP contribution in [0.3, 0.4) is 0 Å². The molecule has 1 aliphatic rings. The fourth-order valence-electron chi connectivity index (χ4n) is 4.17. The van der Waals surface area contributed by atoms with Crippen LogP contribution in [0.1, 0.15) is 34.2 Å². The maximum Gasteiger partial charge on any atom is 0.230 e. The molecule has 2 unspecified atom stereocenters. The summed E-state index contributed by atoms with van der Waals surface area (Å²) in [5.41, 5.74) is 7.77. The van der Waals surface area contributed by atoms with E-state index in [-0.39, 0.29) is 11.5 Å². The van der Waals surface area contributed by atoms with Gasteiger partial charge in [-0.3, -0.25) is 9.97 Å². The zero-order chi connectivity index (χ0) is 24.4. The number of aromatic nitrogens is 4. The third kappa shape index (κ3) is 4.30. The van der Waals surface area contributed by atoms with Crippen molar-refractivity contribution in [3.63, 3.8) is 0 Å². The summed E-state index contributed by atoms with van der Waals surface area (Å²) >= 11 is 2.68. The van der Waals surface area contributed by atoms with Crippen molar-refractivity contribution in [1.29, 1.82) is 0 Å². The molecule has 0 amide bonds. The minimum atomic E-state index is -0.984. The van der Waals surface area contributed by atoms with E-state index in [1.165, 1.54) is 23.1 Å².